The van der Waals surface area contributed by atoms with E-state index in [1.54, 1.807) is 31.0 Å². The van der Waals surface area contributed by atoms with E-state index in [-0.39, 0.29) is 19.2 Å². The maximum Gasteiger partial charge on any atom is 0.317 e. The first-order chi connectivity index (χ1) is 9.49. The zero-order valence-electron chi connectivity index (χ0n) is 11.4. The van der Waals surface area contributed by atoms with Gasteiger partial charge in [0.1, 0.15) is 5.92 Å². The minimum absolute atomic E-state index is 0.137. The summed E-state index contributed by atoms with van der Waals surface area (Å²) in [5, 5.41) is 15.9. The number of carboxylic acids is 1. The zero-order valence-corrected chi connectivity index (χ0v) is 11.4. The summed E-state index contributed by atoms with van der Waals surface area (Å²) in [6, 6.07) is 1.02. The molecule has 0 saturated carbocycles. The Hall–Kier alpha value is -2.09. The molecule has 0 radical (unpaired) electrons. The summed E-state index contributed by atoms with van der Waals surface area (Å²) in [5.41, 5.74) is 0.742. The number of urea groups is 1. The van der Waals surface area contributed by atoms with Gasteiger partial charge in [-0.25, -0.2) is 4.79 Å². The zero-order chi connectivity index (χ0) is 14.7. The monoisotopic (exact) mass is 282 g/mol. The van der Waals surface area contributed by atoms with Gasteiger partial charge in [0.25, 0.3) is 0 Å². The van der Waals surface area contributed by atoms with Gasteiger partial charge in [-0.15, -0.1) is 0 Å². The van der Waals surface area contributed by atoms with Crippen LogP contribution >= 0.6 is 0 Å². The average molecular weight is 282 g/mol. The summed E-state index contributed by atoms with van der Waals surface area (Å²) in [4.78, 5) is 24.5. The fourth-order valence-electron chi connectivity index (χ4n) is 2.16. The number of ether oxygens (including phenoxy) is 1. The van der Waals surface area contributed by atoms with Gasteiger partial charge in [-0.1, -0.05) is 0 Å². The number of carbonyl (C=O) groups is 2. The number of aryl methyl sites for hydroxylation is 1. The van der Waals surface area contributed by atoms with Crippen LogP contribution in [0.4, 0.5) is 4.79 Å². The quantitative estimate of drug-likeness (QED) is 0.787. The topological polar surface area (TPSA) is 96.7 Å². The van der Waals surface area contributed by atoms with Crippen LogP contribution in [0.5, 0.6) is 0 Å². The van der Waals surface area contributed by atoms with Crippen molar-refractivity contribution in [3.05, 3.63) is 18.0 Å². The molecule has 110 valence electrons. The van der Waals surface area contributed by atoms with Crippen LogP contribution in [0.25, 0.3) is 0 Å². The molecule has 2 heterocycles. The number of carbonyl (C=O) groups excluding carboxylic acids is 1. The molecule has 8 nitrogen and oxygen atoms in total. The fourth-order valence-corrected chi connectivity index (χ4v) is 2.16. The number of hydrogen-bond acceptors (Lipinski definition) is 4. The van der Waals surface area contributed by atoms with Gasteiger partial charge in [-0.05, 0) is 6.07 Å². The molecular formula is C12H18N4O4. The van der Waals surface area contributed by atoms with Gasteiger partial charge in [-0.2, -0.15) is 5.10 Å². The summed E-state index contributed by atoms with van der Waals surface area (Å²) < 4.78 is 6.80. The molecule has 0 aromatic carbocycles. The highest BCUT2D eigenvalue weighted by Gasteiger charge is 2.38. The normalized spacial score (nSPS) is 21.7. The molecule has 0 bridgehead atoms. The van der Waals surface area contributed by atoms with Crippen molar-refractivity contribution in [1.82, 2.24) is 20.0 Å². The Morgan fingerprint density at radius 2 is 2.35 bits per heavy atom. The van der Waals surface area contributed by atoms with Crippen LogP contribution in [0.3, 0.4) is 0 Å². The Balaban J connectivity index is 1.90. The number of nitrogens with zero attached hydrogens (tertiary/aromatic N) is 3. The summed E-state index contributed by atoms with van der Waals surface area (Å²) in [5.74, 6) is -1.63. The van der Waals surface area contributed by atoms with Gasteiger partial charge in [0, 0.05) is 20.3 Å². The summed E-state index contributed by atoms with van der Waals surface area (Å²) in [7, 11) is 3.37. The second kappa shape index (κ2) is 5.91. The first-order valence-corrected chi connectivity index (χ1v) is 6.28. The van der Waals surface area contributed by atoms with Crippen LogP contribution in [0.15, 0.2) is 12.3 Å². The summed E-state index contributed by atoms with van der Waals surface area (Å²) >= 11 is 0. The highest BCUT2D eigenvalue weighted by atomic mass is 16.5. The molecule has 0 aliphatic carbocycles. The molecule has 1 aliphatic heterocycles. The number of hydrogen-bond donors (Lipinski definition) is 2. The van der Waals surface area contributed by atoms with Crippen LogP contribution in [-0.4, -0.2) is 58.1 Å². The lowest BCUT2D eigenvalue weighted by molar-refractivity contribution is -0.142. The van der Waals surface area contributed by atoms with Gasteiger partial charge >= 0.3 is 12.0 Å². The molecule has 2 amide bonds. The smallest absolute Gasteiger partial charge is 0.317 e. The maximum atomic E-state index is 12.0. The highest BCUT2D eigenvalue weighted by molar-refractivity contribution is 5.77. The van der Waals surface area contributed by atoms with E-state index in [0.717, 1.165) is 5.69 Å². The first-order valence-electron chi connectivity index (χ1n) is 6.28. The second-order valence-electron chi connectivity index (χ2n) is 4.80. The third kappa shape index (κ3) is 3.08. The third-order valence-electron chi connectivity index (χ3n) is 3.38. The van der Waals surface area contributed by atoms with E-state index in [1.807, 2.05) is 0 Å². The van der Waals surface area contributed by atoms with E-state index in [9.17, 15) is 9.59 Å². The van der Waals surface area contributed by atoms with E-state index in [4.69, 9.17) is 9.84 Å². The predicted molar refractivity (Wildman–Crippen MR) is 68.9 cm³/mol. The lowest BCUT2D eigenvalue weighted by Gasteiger charge is -2.26. The second-order valence-corrected chi connectivity index (χ2v) is 4.80. The summed E-state index contributed by atoms with van der Waals surface area (Å²) in [6.45, 7) is 0.678. The number of nitrogens with one attached hydrogen (secondary N) is 1. The molecule has 0 spiro atoms. The lowest BCUT2D eigenvalue weighted by atomic mass is 10.0. The Kier molecular flexibility index (Phi) is 4.23. The molecule has 2 atom stereocenters. The lowest BCUT2D eigenvalue weighted by Crippen LogP contribution is -2.48. The molecule has 1 aromatic heterocycles. The maximum absolute atomic E-state index is 12.0. The van der Waals surface area contributed by atoms with E-state index in [1.165, 1.54) is 4.90 Å². The van der Waals surface area contributed by atoms with Crippen LogP contribution < -0.4 is 5.32 Å². The standard InChI is InChI=1S/C12H18N4O4/c1-15-4-3-8(14-15)5-13-12(19)16(2)10-7-20-6-9(10)11(17)18/h3-4,9-10H,5-7H2,1-2H3,(H,13,19)(H,17,18). The first kappa shape index (κ1) is 14.3. The molecule has 8 heteroatoms. The third-order valence-corrected chi connectivity index (χ3v) is 3.38. The Labute approximate surface area is 116 Å². The van der Waals surface area contributed by atoms with Crippen LogP contribution in [0.2, 0.25) is 0 Å². The molecule has 20 heavy (non-hydrogen) atoms. The number of likely N-dealkylation sites (N-methyl/N-ethyl adjacent to an activating group) is 1. The van der Waals surface area contributed by atoms with Crippen LogP contribution in [-0.2, 0) is 23.1 Å². The fraction of sp³-hybridized carbons (Fsp3) is 0.583. The minimum atomic E-state index is -0.947. The van der Waals surface area contributed by atoms with Crippen molar-refractivity contribution in [3.63, 3.8) is 0 Å². The van der Waals surface area contributed by atoms with Crippen molar-refractivity contribution in [2.75, 3.05) is 20.3 Å². The van der Waals surface area contributed by atoms with Gasteiger partial charge in [0.15, 0.2) is 0 Å². The molecule has 2 N–H and O–H groups in total. The Bertz CT molecular complexity index is 501. The summed E-state index contributed by atoms with van der Waals surface area (Å²) in [6.07, 6.45) is 1.79. The molecule has 1 aromatic rings. The van der Waals surface area contributed by atoms with Crippen molar-refractivity contribution in [2.45, 2.75) is 12.6 Å². The molecule has 2 unspecified atom stereocenters. The van der Waals surface area contributed by atoms with Crippen molar-refractivity contribution in [2.24, 2.45) is 13.0 Å². The van der Waals surface area contributed by atoms with Crippen LogP contribution in [0, 0.1) is 5.92 Å². The number of carboxylic acid groups (broad SMARTS) is 1. The molecular weight excluding hydrogens is 264 g/mol. The van der Waals surface area contributed by atoms with Crippen molar-refractivity contribution in [1.29, 1.82) is 0 Å². The molecule has 1 fully saturated rings. The van der Waals surface area contributed by atoms with Crippen molar-refractivity contribution in [3.8, 4) is 0 Å². The molecule has 1 saturated heterocycles. The highest BCUT2D eigenvalue weighted by Crippen LogP contribution is 2.19. The van der Waals surface area contributed by atoms with Crippen LogP contribution in [0.1, 0.15) is 5.69 Å². The minimum Gasteiger partial charge on any atom is -0.481 e. The average Bonchev–Trinajstić information content (AvgIpc) is 3.03. The Morgan fingerprint density at radius 1 is 1.60 bits per heavy atom. The van der Waals surface area contributed by atoms with Gasteiger partial charge in [0.05, 0.1) is 31.5 Å². The van der Waals surface area contributed by atoms with Gasteiger partial charge in [-0.3, -0.25) is 9.48 Å². The number of rotatable bonds is 4. The van der Waals surface area contributed by atoms with Crippen molar-refractivity contribution >= 4 is 12.0 Å². The predicted octanol–water partition coefficient (Wildman–Crippen LogP) is -0.339. The molecule has 2 rings (SSSR count). The largest absolute Gasteiger partial charge is 0.481 e. The number of aliphatic carboxylic acids is 1. The van der Waals surface area contributed by atoms with Gasteiger partial charge in [0.2, 0.25) is 0 Å². The van der Waals surface area contributed by atoms with Gasteiger partial charge < -0.3 is 20.1 Å². The van der Waals surface area contributed by atoms with E-state index in [0.29, 0.717) is 6.54 Å². The number of amides is 2. The Morgan fingerprint density at radius 3 is 2.95 bits per heavy atom. The van der Waals surface area contributed by atoms with E-state index in [2.05, 4.69) is 10.4 Å². The number of aromatic nitrogens is 2. The molecule has 1 aliphatic rings. The SMILES string of the molecule is CN(C(=O)NCc1ccn(C)n1)C1COCC1C(=O)O. The van der Waals surface area contributed by atoms with Crippen molar-refractivity contribution < 1.29 is 19.4 Å². The van der Waals surface area contributed by atoms with E-state index >= 15 is 0 Å². The van der Waals surface area contributed by atoms with E-state index < -0.39 is 17.9 Å².